The minimum Gasteiger partial charge on any atom is -0.506 e. The van der Waals surface area contributed by atoms with Crippen molar-refractivity contribution in [3.8, 4) is 5.75 Å². The van der Waals surface area contributed by atoms with E-state index in [2.05, 4.69) is 5.32 Å². The van der Waals surface area contributed by atoms with Crippen molar-refractivity contribution in [3.63, 3.8) is 0 Å². The lowest BCUT2D eigenvalue weighted by atomic mass is 10.1. The quantitative estimate of drug-likeness (QED) is 0.823. The van der Waals surface area contributed by atoms with Crippen molar-refractivity contribution in [2.75, 3.05) is 13.2 Å². The first-order chi connectivity index (χ1) is 7.94. The maximum Gasteiger partial charge on any atom is 0.134 e. The van der Waals surface area contributed by atoms with Gasteiger partial charge < -0.3 is 15.2 Å². The van der Waals surface area contributed by atoms with Crippen LogP contribution in [0, 0.1) is 0 Å². The van der Waals surface area contributed by atoms with Gasteiger partial charge in [0.05, 0.1) is 10.6 Å². The van der Waals surface area contributed by atoms with Crippen LogP contribution in [0.5, 0.6) is 5.75 Å². The molecular weight excluding hydrogens is 238 g/mol. The number of benzene rings is 1. The van der Waals surface area contributed by atoms with Gasteiger partial charge in [0.1, 0.15) is 5.75 Å². The predicted molar refractivity (Wildman–Crippen MR) is 70.5 cm³/mol. The second kappa shape index (κ2) is 6.24. The van der Waals surface area contributed by atoms with Gasteiger partial charge in [0, 0.05) is 19.7 Å². The van der Waals surface area contributed by atoms with Crippen molar-refractivity contribution in [1.29, 1.82) is 0 Å². The summed E-state index contributed by atoms with van der Waals surface area (Å²) in [5, 5.41) is 13.0. The lowest BCUT2D eigenvalue weighted by Crippen LogP contribution is -2.37. The molecule has 3 nitrogen and oxygen atoms in total. The zero-order chi connectivity index (χ0) is 12.9. The number of phenolic OH excluding ortho intramolecular Hbond substituents is 1. The van der Waals surface area contributed by atoms with Gasteiger partial charge >= 0.3 is 0 Å². The number of halogens is 1. The van der Waals surface area contributed by atoms with Crippen LogP contribution in [0.25, 0.3) is 0 Å². The van der Waals surface area contributed by atoms with Crippen LogP contribution >= 0.6 is 11.6 Å². The van der Waals surface area contributed by atoms with E-state index in [4.69, 9.17) is 16.3 Å². The van der Waals surface area contributed by atoms with Crippen LogP contribution in [-0.4, -0.2) is 23.9 Å². The van der Waals surface area contributed by atoms with E-state index in [1.165, 1.54) is 0 Å². The number of hydrogen-bond acceptors (Lipinski definition) is 3. The summed E-state index contributed by atoms with van der Waals surface area (Å²) in [5.41, 5.74) is 0.871. The summed E-state index contributed by atoms with van der Waals surface area (Å²) < 4.78 is 5.58. The fourth-order valence-electron chi connectivity index (χ4n) is 1.61. The first-order valence-electron chi connectivity index (χ1n) is 5.76. The molecule has 0 spiro atoms. The molecule has 0 radical (unpaired) electrons. The van der Waals surface area contributed by atoms with Gasteiger partial charge in [-0.25, -0.2) is 0 Å². The second-order valence-corrected chi connectivity index (χ2v) is 4.99. The van der Waals surface area contributed by atoms with E-state index in [-0.39, 0.29) is 11.4 Å². The maximum absolute atomic E-state index is 9.30. The minimum absolute atomic E-state index is 0.116. The van der Waals surface area contributed by atoms with Crippen molar-refractivity contribution in [2.24, 2.45) is 0 Å². The molecule has 0 fully saturated rings. The average molecular weight is 258 g/mol. The summed E-state index contributed by atoms with van der Waals surface area (Å²) in [5.74, 6) is 0.116. The first kappa shape index (κ1) is 14.3. The minimum atomic E-state index is -0.171. The van der Waals surface area contributed by atoms with Crippen LogP contribution in [0.1, 0.15) is 26.3 Å². The molecule has 2 N–H and O–H groups in total. The van der Waals surface area contributed by atoms with Crippen LogP contribution in [-0.2, 0) is 11.3 Å². The highest BCUT2D eigenvalue weighted by atomic mass is 35.5. The van der Waals surface area contributed by atoms with Crippen LogP contribution in [0.2, 0.25) is 5.02 Å². The third kappa shape index (κ3) is 4.94. The van der Waals surface area contributed by atoms with E-state index in [0.29, 0.717) is 18.2 Å². The molecule has 1 aromatic carbocycles. The molecule has 0 aromatic heterocycles. The van der Waals surface area contributed by atoms with E-state index in [1.54, 1.807) is 12.1 Å². The highest BCUT2D eigenvalue weighted by Gasteiger charge is 2.16. The van der Waals surface area contributed by atoms with Crippen molar-refractivity contribution in [1.82, 2.24) is 5.32 Å². The highest BCUT2D eigenvalue weighted by molar-refractivity contribution is 6.32. The number of nitrogens with one attached hydrogen (secondary N) is 1. The van der Waals surface area contributed by atoms with Gasteiger partial charge in [-0.1, -0.05) is 17.7 Å². The summed E-state index contributed by atoms with van der Waals surface area (Å²) in [6.45, 7) is 8.26. The molecule has 4 heteroatoms. The van der Waals surface area contributed by atoms with Crippen molar-refractivity contribution < 1.29 is 9.84 Å². The molecule has 96 valence electrons. The van der Waals surface area contributed by atoms with Gasteiger partial charge in [-0.3, -0.25) is 0 Å². The second-order valence-electron chi connectivity index (χ2n) is 4.58. The van der Waals surface area contributed by atoms with Crippen LogP contribution in [0.15, 0.2) is 18.2 Å². The number of phenols is 1. The molecule has 0 heterocycles. The smallest absolute Gasteiger partial charge is 0.134 e. The van der Waals surface area contributed by atoms with Gasteiger partial charge in [-0.15, -0.1) is 0 Å². The summed E-state index contributed by atoms with van der Waals surface area (Å²) in [7, 11) is 0. The van der Waals surface area contributed by atoms with Crippen LogP contribution in [0.3, 0.4) is 0 Å². The molecule has 0 saturated carbocycles. The van der Waals surface area contributed by atoms with E-state index < -0.39 is 0 Å². The Hall–Kier alpha value is -0.770. The van der Waals surface area contributed by atoms with E-state index in [0.717, 1.165) is 12.1 Å². The third-order valence-electron chi connectivity index (χ3n) is 2.43. The topological polar surface area (TPSA) is 41.5 Å². The SMILES string of the molecule is CCOC(C)(C)CNCc1ccc(O)c(Cl)c1. The maximum atomic E-state index is 9.30. The van der Waals surface area contributed by atoms with E-state index in [1.807, 2.05) is 26.8 Å². The molecule has 0 aliphatic rings. The first-order valence-corrected chi connectivity index (χ1v) is 6.14. The number of ether oxygens (including phenoxy) is 1. The predicted octanol–water partition coefficient (Wildman–Crippen LogP) is 2.95. The zero-order valence-corrected chi connectivity index (χ0v) is 11.3. The molecule has 0 saturated heterocycles. The lowest BCUT2D eigenvalue weighted by Gasteiger charge is -2.25. The van der Waals surface area contributed by atoms with Gasteiger partial charge in [-0.2, -0.15) is 0 Å². The molecular formula is C13H20ClNO2. The summed E-state index contributed by atoms with van der Waals surface area (Å²) in [6, 6.07) is 5.21. The lowest BCUT2D eigenvalue weighted by molar-refractivity contribution is -0.00897. The molecule has 0 aliphatic carbocycles. The van der Waals surface area contributed by atoms with Crippen LogP contribution < -0.4 is 5.32 Å². The van der Waals surface area contributed by atoms with Crippen molar-refractivity contribution in [2.45, 2.75) is 32.9 Å². The Morgan fingerprint density at radius 2 is 2.12 bits per heavy atom. The average Bonchev–Trinajstić information content (AvgIpc) is 2.23. The number of aromatic hydroxyl groups is 1. The molecule has 0 unspecified atom stereocenters. The number of rotatable bonds is 6. The molecule has 1 aromatic rings. The van der Waals surface area contributed by atoms with Crippen molar-refractivity contribution >= 4 is 11.6 Å². The molecule has 17 heavy (non-hydrogen) atoms. The Labute approximate surface area is 108 Å². The van der Waals surface area contributed by atoms with E-state index in [9.17, 15) is 5.11 Å². The normalized spacial score (nSPS) is 11.8. The zero-order valence-electron chi connectivity index (χ0n) is 10.6. The third-order valence-corrected chi connectivity index (χ3v) is 2.73. The molecule has 0 atom stereocenters. The summed E-state index contributed by atoms with van der Waals surface area (Å²) >= 11 is 5.83. The Balaban J connectivity index is 2.43. The van der Waals surface area contributed by atoms with Gasteiger partial charge in [0.25, 0.3) is 0 Å². The summed E-state index contributed by atoms with van der Waals surface area (Å²) in [6.07, 6.45) is 0. The van der Waals surface area contributed by atoms with Crippen LogP contribution in [0.4, 0.5) is 0 Å². The van der Waals surface area contributed by atoms with Gasteiger partial charge in [0.15, 0.2) is 0 Å². The molecule has 0 amide bonds. The monoisotopic (exact) mass is 257 g/mol. The Bertz CT molecular complexity index is 366. The largest absolute Gasteiger partial charge is 0.506 e. The number of hydrogen-bond donors (Lipinski definition) is 2. The molecule has 0 aliphatic heterocycles. The summed E-state index contributed by atoms with van der Waals surface area (Å²) in [4.78, 5) is 0. The van der Waals surface area contributed by atoms with Gasteiger partial charge in [-0.05, 0) is 38.5 Å². The standard InChI is InChI=1S/C13H20ClNO2/c1-4-17-13(2,3)9-15-8-10-5-6-12(16)11(14)7-10/h5-7,15-16H,4,8-9H2,1-3H3. The fourth-order valence-corrected chi connectivity index (χ4v) is 1.81. The fraction of sp³-hybridized carbons (Fsp3) is 0.538. The Kier molecular flexibility index (Phi) is 5.25. The molecule has 0 bridgehead atoms. The molecule has 1 rings (SSSR count). The Morgan fingerprint density at radius 3 is 2.71 bits per heavy atom. The highest BCUT2D eigenvalue weighted by Crippen LogP contribution is 2.23. The van der Waals surface area contributed by atoms with Gasteiger partial charge in [0.2, 0.25) is 0 Å². The Morgan fingerprint density at radius 1 is 1.41 bits per heavy atom. The van der Waals surface area contributed by atoms with Crippen molar-refractivity contribution in [3.05, 3.63) is 28.8 Å². The van der Waals surface area contributed by atoms with E-state index >= 15 is 0 Å².